The van der Waals surface area contributed by atoms with E-state index in [1.54, 1.807) is 12.1 Å². The second-order valence-corrected chi connectivity index (χ2v) is 10.3. The van der Waals surface area contributed by atoms with E-state index >= 15 is 0 Å². The van der Waals surface area contributed by atoms with Crippen molar-refractivity contribution in [3.05, 3.63) is 34.0 Å². The number of nitrogens with one attached hydrogen (secondary N) is 3. The van der Waals surface area contributed by atoms with E-state index in [0.717, 1.165) is 29.2 Å². The van der Waals surface area contributed by atoms with Crippen LogP contribution in [-0.2, 0) is 23.5 Å². The highest BCUT2D eigenvalue weighted by molar-refractivity contribution is 14.0. The van der Waals surface area contributed by atoms with Crippen molar-refractivity contribution in [1.82, 2.24) is 25.1 Å². The van der Waals surface area contributed by atoms with Crippen LogP contribution in [0.15, 0.2) is 21.3 Å². The zero-order valence-electron chi connectivity index (χ0n) is 18.4. The molecule has 8 nitrogen and oxygen atoms in total. The molecule has 3 N–H and O–H groups in total. The van der Waals surface area contributed by atoms with E-state index in [2.05, 4.69) is 39.3 Å². The Hall–Kier alpha value is -1.18. The van der Waals surface area contributed by atoms with E-state index in [0.29, 0.717) is 16.7 Å². The molecule has 0 spiro atoms. The van der Waals surface area contributed by atoms with E-state index in [-0.39, 0.29) is 36.6 Å². The fourth-order valence-electron chi connectivity index (χ4n) is 3.00. The first-order chi connectivity index (χ1) is 13.6. The predicted molar refractivity (Wildman–Crippen MR) is 135 cm³/mol. The number of sulfonamides is 1. The summed E-state index contributed by atoms with van der Waals surface area (Å²) in [6.45, 7) is 11.4. The third-order valence-electron chi connectivity index (χ3n) is 4.55. The van der Waals surface area contributed by atoms with Crippen molar-refractivity contribution in [3.63, 3.8) is 0 Å². The van der Waals surface area contributed by atoms with Crippen LogP contribution in [-0.4, -0.2) is 49.8 Å². The minimum absolute atomic E-state index is 0. The minimum Gasteiger partial charge on any atom is -0.357 e. The van der Waals surface area contributed by atoms with Crippen LogP contribution in [0.3, 0.4) is 0 Å². The van der Waals surface area contributed by atoms with Crippen LogP contribution >= 0.6 is 35.3 Å². The Morgan fingerprint density at radius 1 is 1.30 bits per heavy atom. The van der Waals surface area contributed by atoms with Crippen molar-refractivity contribution in [2.45, 2.75) is 51.3 Å². The van der Waals surface area contributed by atoms with Crippen LogP contribution in [0, 0.1) is 20.8 Å². The van der Waals surface area contributed by atoms with Gasteiger partial charge in [0, 0.05) is 36.8 Å². The second kappa shape index (κ2) is 12.0. The summed E-state index contributed by atoms with van der Waals surface area (Å²) in [5.74, 6) is 0.672. The third kappa shape index (κ3) is 7.50. The molecule has 2 rings (SSSR count). The molecule has 1 unspecified atom stereocenters. The van der Waals surface area contributed by atoms with Gasteiger partial charge in [-0.25, -0.2) is 13.1 Å². The number of thiophene rings is 1. The van der Waals surface area contributed by atoms with Gasteiger partial charge < -0.3 is 10.6 Å². The maximum absolute atomic E-state index is 12.3. The Balaban J connectivity index is 0.00000450. The molecular formula is C19H33IN6O2S2. The fraction of sp³-hybridized carbons (Fsp3) is 0.579. The topological polar surface area (TPSA) is 100 Å². The Labute approximate surface area is 201 Å². The minimum atomic E-state index is -3.47. The van der Waals surface area contributed by atoms with E-state index in [4.69, 9.17) is 0 Å². The first-order valence-electron chi connectivity index (χ1n) is 9.74. The van der Waals surface area contributed by atoms with Crippen LogP contribution in [0.2, 0.25) is 0 Å². The van der Waals surface area contributed by atoms with Gasteiger partial charge in [0.05, 0.1) is 12.2 Å². The van der Waals surface area contributed by atoms with Crippen LogP contribution < -0.4 is 15.4 Å². The van der Waals surface area contributed by atoms with Crippen molar-refractivity contribution in [2.24, 2.45) is 12.0 Å². The molecule has 2 aromatic rings. The fourth-order valence-corrected chi connectivity index (χ4v) is 5.35. The normalized spacial score (nSPS) is 13.1. The van der Waals surface area contributed by atoms with Crippen molar-refractivity contribution in [1.29, 1.82) is 0 Å². The number of guanidine groups is 1. The van der Waals surface area contributed by atoms with Crippen molar-refractivity contribution < 1.29 is 8.42 Å². The number of hydrogen-bond acceptors (Lipinski definition) is 5. The van der Waals surface area contributed by atoms with Gasteiger partial charge in [-0.1, -0.05) is 0 Å². The molecule has 1 atom stereocenters. The van der Waals surface area contributed by atoms with Gasteiger partial charge in [-0.05, 0) is 58.7 Å². The molecule has 0 bridgehead atoms. The molecule has 0 aliphatic rings. The average molecular weight is 569 g/mol. The molecule has 2 heterocycles. The summed E-state index contributed by atoms with van der Waals surface area (Å²) < 4.78 is 29.4. The monoisotopic (exact) mass is 568 g/mol. The van der Waals surface area contributed by atoms with E-state index in [1.165, 1.54) is 16.9 Å². The summed E-state index contributed by atoms with van der Waals surface area (Å²) in [7, 11) is -1.52. The Kier molecular flexibility index (Phi) is 10.8. The maximum atomic E-state index is 12.3. The van der Waals surface area contributed by atoms with Gasteiger partial charge in [0.2, 0.25) is 10.0 Å². The summed E-state index contributed by atoms with van der Waals surface area (Å²) in [4.78, 5) is 5.46. The molecule has 170 valence electrons. The number of aryl methyl sites for hydroxylation is 3. The number of aliphatic imine (C=N–C) groups is 1. The Morgan fingerprint density at radius 2 is 2.00 bits per heavy atom. The van der Waals surface area contributed by atoms with Crippen LogP contribution in [0.25, 0.3) is 0 Å². The number of rotatable bonds is 9. The molecule has 2 aromatic heterocycles. The van der Waals surface area contributed by atoms with Crippen molar-refractivity contribution in [2.75, 3.05) is 19.6 Å². The van der Waals surface area contributed by atoms with Crippen LogP contribution in [0.5, 0.6) is 0 Å². The van der Waals surface area contributed by atoms with Gasteiger partial charge in [0.25, 0.3) is 0 Å². The second-order valence-electron chi connectivity index (χ2n) is 7.05. The van der Waals surface area contributed by atoms with E-state index in [9.17, 15) is 8.42 Å². The molecule has 0 saturated carbocycles. The molecular weight excluding hydrogens is 535 g/mol. The maximum Gasteiger partial charge on any atom is 0.250 e. The quantitative estimate of drug-likeness (QED) is 0.187. The Morgan fingerprint density at radius 3 is 2.53 bits per heavy atom. The molecule has 0 aromatic carbocycles. The number of halogens is 1. The van der Waals surface area contributed by atoms with Crippen molar-refractivity contribution in [3.8, 4) is 0 Å². The van der Waals surface area contributed by atoms with Gasteiger partial charge in [-0.15, -0.1) is 35.3 Å². The highest BCUT2D eigenvalue weighted by Gasteiger charge is 2.16. The van der Waals surface area contributed by atoms with Gasteiger partial charge in [0.15, 0.2) is 5.96 Å². The van der Waals surface area contributed by atoms with E-state index < -0.39 is 10.0 Å². The lowest BCUT2D eigenvalue weighted by Crippen LogP contribution is -2.43. The highest BCUT2D eigenvalue weighted by Crippen LogP contribution is 2.20. The first kappa shape index (κ1) is 26.9. The molecule has 0 aliphatic heterocycles. The molecule has 0 fully saturated rings. The summed E-state index contributed by atoms with van der Waals surface area (Å²) in [6.07, 6.45) is 0.834. The molecule has 11 heteroatoms. The molecule has 30 heavy (non-hydrogen) atoms. The SMILES string of the molecule is CCNC(=NCCNS(=O)(=O)c1ccc(C)s1)NC(C)Cc1c(C)nn(C)c1C.I. The summed E-state index contributed by atoms with van der Waals surface area (Å²) in [6, 6.07) is 3.58. The van der Waals surface area contributed by atoms with Gasteiger partial charge in [-0.2, -0.15) is 5.10 Å². The molecule has 0 saturated heterocycles. The van der Waals surface area contributed by atoms with Crippen molar-refractivity contribution >= 4 is 51.3 Å². The zero-order chi connectivity index (χ0) is 21.6. The predicted octanol–water partition coefficient (Wildman–Crippen LogP) is 2.49. The molecule has 0 radical (unpaired) electrons. The molecule has 0 amide bonds. The smallest absolute Gasteiger partial charge is 0.250 e. The van der Waals surface area contributed by atoms with Gasteiger partial charge in [-0.3, -0.25) is 9.67 Å². The van der Waals surface area contributed by atoms with Crippen LogP contribution in [0.1, 0.15) is 35.7 Å². The van der Waals surface area contributed by atoms with Crippen LogP contribution in [0.4, 0.5) is 0 Å². The summed E-state index contributed by atoms with van der Waals surface area (Å²) >= 11 is 1.26. The lowest BCUT2D eigenvalue weighted by molar-refractivity contribution is 0.584. The van der Waals surface area contributed by atoms with Gasteiger partial charge >= 0.3 is 0 Å². The zero-order valence-corrected chi connectivity index (χ0v) is 22.4. The number of aromatic nitrogens is 2. The summed E-state index contributed by atoms with van der Waals surface area (Å²) in [5.41, 5.74) is 3.44. The lowest BCUT2D eigenvalue weighted by atomic mass is 10.1. The highest BCUT2D eigenvalue weighted by atomic mass is 127. The molecule has 0 aliphatic carbocycles. The number of nitrogens with zero attached hydrogens (tertiary/aromatic N) is 3. The summed E-state index contributed by atoms with van der Waals surface area (Å²) in [5, 5.41) is 11.1. The number of hydrogen-bond donors (Lipinski definition) is 3. The average Bonchev–Trinajstić information content (AvgIpc) is 3.18. The third-order valence-corrected chi connectivity index (χ3v) is 7.50. The Bertz CT molecular complexity index is 952. The first-order valence-corrected chi connectivity index (χ1v) is 12.0. The van der Waals surface area contributed by atoms with Gasteiger partial charge in [0.1, 0.15) is 4.21 Å². The largest absolute Gasteiger partial charge is 0.357 e. The lowest BCUT2D eigenvalue weighted by Gasteiger charge is -2.18. The standard InChI is InChI=1S/C19H32N6O2S2.HI/c1-7-20-19(23-13(2)12-17-15(4)24-25(6)16(17)5)21-10-11-22-29(26,27)18-9-8-14(3)28-18;/h8-9,13,22H,7,10-12H2,1-6H3,(H2,20,21,23);1H. The van der Waals surface area contributed by atoms with E-state index in [1.807, 2.05) is 32.5 Å².